The van der Waals surface area contributed by atoms with Crippen LogP contribution in [0.3, 0.4) is 0 Å². The zero-order valence-electron chi connectivity index (χ0n) is 13.1. The lowest BCUT2D eigenvalue weighted by Crippen LogP contribution is -2.31. The molecule has 0 bridgehead atoms. The van der Waals surface area contributed by atoms with E-state index in [0.717, 1.165) is 18.7 Å². The molecule has 0 fully saturated rings. The van der Waals surface area contributed by atoms with Gasteiger partial charge in [-0.3, -0.25) is 0 Å². The van der Waals surface area contributed by atoms with Crippen molar-refractivity contribution in [2.24, 2.45) is 0 Å². The van der Waals surface area contributed by atoms with E-state index >= 15 is 0 Å². The third kappa shape index (κ3) is 5.65. The third-order valence-corrected chi connectivity index (χ3v) is 3.30. The molecule has 0 saturated heterocycles. The number of benzene rings is 1. The van der Waals surface area contributed by atoms with Crippen molar-refractivity contribution >= 4 is 0 Å². The Labute approximate surface area is 118 Å². The van der Waals surface area contributed by atoms with Crippen LogP contribution in [0.1, 0.15) is 58.9 Å². The average Bonchev–Trinajstić information content (AvgIpc) is 2.36. The van der Waals surface area contributed by atoms with E-state index in [1.165, 1.54) is 12.0 Å². The van der Waals surface area contributed by atoms with Crippen molar-refractivity contribution in [2.75, 3.05) is 6.54 Å². The lowest BCUT2D eigenvalue weighted by molar-refractivity contribution is 0.193. The Hall–Kier alpha value is -1.02. The van der Waals surface area contributed by atoms with Crippen LogP contribution in [0.2, 0.25) is 0 Å². The first-order valence-electron chi connectivity index (χ1n) is 7.53. The lowest BCUT2D eigenvalue weighted by atomic mass is 10.0. The summed E-state index contributed by atoms with van der Waals surface area (Å²) >= 11 is 0. The summed E-state index contributed by atoms with van der Waals surface area (Å²) in [4.78, 5) is 0. The molecule has 19 heavy (non-hydrogen) atoms. The fourth-order valence-electron chi connectivity index (χ4n) is 2.30. The van der Waals surface area contributed by atoms with Gasteiger partial charge < -0.3 is 10.1 Å². The van der Waals surface area contributed by atoms with Crippen LogP contribution in [-0.2, 0) is 0 Å². The van der Waals surface area contributed by atoms with E-state index in [2.05, 4.69) is 58.1 Å². The van der Waals surface area contributed by atoms with Crippen molar-refractivity contribution in [3.05, 3.63) is 29.8 Å². The van der Waals surface area contributed by atoms with Gasteiger partial charge in [0.05, 0.1) is 6.10 Å². The number of hydrogen-bond donors (Lipinski definition) is 1. The summed E-state index contributed by atoms with van der Waals surface area (Å²) in [7, 11) is 0. The standard InChI is InChI=1S/C17H29NO/c1-6-11-18-14(4)12-15(5)19-17-10-8-7-9-16(17)13(2)3/h7-10,13-15,18H,6,11-12H2,1-5H3. The molecule has 0 aliphatic carbocycles. The average molecular weight is 263 g/mol. The predicted molar refractivity (Wildman–Crippen MR) is 83.0 cm³/mol. The summed E-state index contributed by atoms with van der Waals surface area (Å²) in [5.74, 6) is 1.53. The SMILES string of the molecule is CCCNC(C)CC(C)Oc1ccccc1C(C)C. The number of nitrogens with one attached hydrogen (secondary N) is 1. The predicted octanol–water partition coefficient (Wildman–Crippen LogP) is 4.36. The Bertz CT molecular complexity index is 362. The molecule has 2 atom stereocenters. The molecule has 0 aliphatic heterocycles. The van der Waals surface area contributed by atoms with Crippen LogP contribution in [0.5, 0.6) is 5.75 Å². The first-order valence-corrected chi connectivity index (χ1v) is 7.53. The van der Waals surface area contributed by atoms with Crippen LogP contribution in [0, 0.1) is 0 Å². The van der Waals surface area contributed by atoms with Crippen LogP contribution in [0.15, 0.2) is 24.3 Å². The molecule has 1 rings (SSSR count). The molecule has 1 N–H and O–H groups in total. The molecule has 1 aromatic carbocycles. The van der Waals surface area contributed by atoms with Gasteiger partial charge in [0.15, 0.2) is 0 Å². The van der Waals surface area contributed by atoms with Crippen LogP contribution in [0.4, 0.5) is 0 Å². The van der Waals surface area contributed by atoms with Gasteiger partial charge in [-0.15, -0.1) is 0 Å². The first kappa shape index (κ1) is 16.0. The first-order chi connectivity index (χ1) is 9.04. The van der Waals surface area contributed by atoms with E-state index in [1.807, 2.05) is 6.07 Å². The Kier molecular flexibility index (Phi) is 6.93. The Morgan fingerprint density at radius 1 is 1.11 bits per heavy atom. The number of rotatable bonds is 8. The van der Waals surface area contributed by atoms with Gasteiger partial charge in [-0.05, 0) is 50.8 Å². The Morgan fingerprint density at radius 2 is 1.79 bits per heavy atom. The second-order valence-electron chi connectivity index (χ2n) is 5.71. The molecule has 0 aliphatic rings. The van der Waals surface area contributed by atoms with E-state index in [-0.39, 0.29) is 6.10 Å². The zero-order valence-corrected chi connectivity index (χ0v) is 13.1. The van der Waals surface area contributed by atoms with Gasteiger partial charge in [-0.2, -0.15) is 0 Å². The van der Waals surface area contributed by atoms with Gasteiger partial charge in [-0.1, -0.05) is 39.0 Å². The highest BCUT2D eigenvalue weighted by Crippen LogP contribution is 2.27. The molecule has 0 aromatic heterocycles. The van der Waals surface area contributed by atoms with Crippen molar-refractivity contribution in [1.82, 2.24) is 5.32 Å². The number of hydrogen-bond acceptors (Lipinski definition) is 2. The number of para-hydroxylation sites is 1. The summed E-state index contributed by atoms with van der Waals surface area (Å²) in [5, 5.41) is 3.51. The third-order valence-electron chi connectivity index (χ3n) is 3.30. The molecule has 2 unspecified atom stereocenters. The van der Waals surface area contributed by atoms with Crippen molar-refractivity contribution in [3.8, 4) is 5.75 Å². The summed E-state index contributed by atoms with van der Waals surface area (Å²) < 4.78 is 6.12. The van der Waals surface area contributed by atoms with Gasteiger partial charge in [0, 0.05) is 6.04 Å². The lowest BCUT2D eigenvalue weighted by Gasteiger charge is -2.22. The van der Waals surface area contributed by atoms with Crippen molar-refractivity contribution < 1.29 is 4.74 Å². The van der Waals surface area contributed by atoms with Crippen LogP contribution in [0.25, 0.3) is 0 Å². The monoisotopic (exact) mass is 263 g/mol. The Morgan fingerprint density at radius 3 is 2.42 bits per heavy atom. The molecule has 108 valence electrons. The summed E-state index contributed by atoms with van der Waals surface area (Å²) in [5.41, 5.74) is 1.29. The molecular formula is C17H29NO. The summed E-state index contributed by atoms with van der Waals surface area (Å²) in [6, 6.07) is 8.87. The van der Waals surface area contributed by atoms with Gasteiger partial charge in [-0.25, -0.2) is 0 Å². The van der Waals surface area contributed by atoms with Crippen molar-refractivity contribution in [3.63, 3.8) is 0 Å². The molecule has 2 heteroatoms. The van der Waals surface area contributed by atoms with Gasteiger partial charge in [0.25, 0.3) is 0 Å². The minimum atomic E-state index is 0.235. The van der Waals surface area contributed by atoms with E-state index in [4.69, 9.17) is 4.74 Å². The summed E-state index contributed by atoms with van der Waals surface area (Å²) in [6.07, 6.45) is 2.45. The quantitative estimate of drug-likeness (QED) is 0.752. The second-order valence-corrected chi connectivity index (χ2v) is 5.71. The molecule has 2 nitrogen and oxygen atoms in total. The minimum Gasteiger partial charge on any atom is -0.490 e. The maximum atomic E-state index is 6.12. The smallest absolute Gasteiger partial charge is 0.123 e. The van der Waals surface area contributed by atoms with E-state index in [0.29, 0.717) is 12.0 Å². The highest BCUT2D eigenvalue weighted by Gasteiger charge is 2.13. The Balaban J connectivity index is 2.54. The van der Waals surface area contributed by atoms with E-state index in [1.54, 1.807) is 0 Å². The molecule has 1 aromatic rings. The highest BCUT2D eigenvalue weighted by atomic mass is 16.5. The molecule has 0 radical (unpaired) electrons. The second kappa shape index (κ2) is 8.21. The molecule has 0 spiro atoms. The van der Waals surface area contributed by atoms with Crippen LogP contribution >= 0.6 is 0 Å². The maximum absolute atomic E-state index is 6.12. The van der Waals surface area contributed by atoms with Crippen LogP contribution in [-0.4, -0.2) is 18.7 Å². The molecule has 0 heterocycles. The molecular weight excluding hydrogens is 234 g/mol. The van der Waals surface area contributed by atoms with Gasteiger partial charge in [0.2, 0.25) is 0 Å². The zero-order chi connectivity index (χ0) is 14.3. The van der Waals surface area contributed by atoms with Crippen molar-refractivity contribution in [1.29, 1.82) is 0 Å². The fourth-order valence-corrected chi connectivity index (χ4v) is 2.30. The van der Waals surface area contributed by atoms with Crippen molar-refractivity contribution in [2.45, 2.75) is 65.5 Å². The van der Waals surface area contributed by atoms with Gasteiger partial charge >= 0.3 is 0 Å². The molecule has 0 amide bonds. The maximum Gasteiger partial charge on any atom is 0.123 e. The number of ether oxygens (including phenoxy) is 1. The largest absolute Gasteiger partial charge is 0.490 e. The fraction of sp³-hybridized carbons (Fsp3) is 0.647. The molecule has 0 saturated carbocycles. The van der Waals surface area contributed by atoms with E-state index < -0.39 is 0 Å². The minimum absolute atomic E-state index is 0.235. The van der Waals surface area contributed by atoms with Gasteiger partial charge in [0.1, 0.15) is 5.75 Å². The summed E-state index contributed by atoms with van der Waals surface area (Å²) in [6.45, 7) is 12.1. The highest BCUT2D eigenvalue weighted by molar-refractivity contribution is 5.35. The topological polar surface area (TPSA) is 21.3 Å². The van der Waals surface area contributed by atoms with Crippen LogP contribution < -0.4 is 10.1 Å². The normalized spacial score (nSPS) is 14.4. The van der Waals surface area contributed by atoms with E-state index in [9.17, 15) is 0 Å².